The van der Waals surface area contributed by atoms with Crippen LogP contribution in [0.4, 0.5) is 0 Å². The summed E-state index contributed by atoms with van der Waals surface area (Å²) < 4.78 is 5.87. The first kappa shape index (κ1) is 13.9. The molecule has 1 heterocycles. The van der Waals surface area contributed by atoms with E-state index in [2.05, 4.69) is 43.4 Å². The molecule has 2 heteroatoms. The molecule has 0 amide bonds. The first-order valence-corrected chi connectivity index (χ1v) is 8.27. The predicted octanol–water partition coefficient (Wildman–Crippen LogP) is 4.31. The normalized spacial score (nSPS) is 33.3. The molecule has 0 spiro atoms. The molecule has 110 valence electrons. The predicted molar refractivity (Wildman–Crippen MR) is 83.0 cm³/mol. The lowest BCUT2D eigenvalue weighted by Gasteiger charge is -2.39. The van der Waals surface area contributed by atoms with Gasteiger partial charge < -0.3 is 10.1 Å². The fourth-order valence-electron chi connectivity index (χ4n) is 3.89. The van der Waals surface area contributed by atoms with Crippen molar-refractivity contribution in [3.05, 3.63) is 29.8 Å². The number of benzene rings is 1. The standard InChI is InChI=1S/C18H27NO/c1-3-14-8-4-6-10-16(14)19-18-13(2)12-20-17-11-7-5-9-15(17)18/h5,7,9,11,13-14,16,18-19H,3-4,6,8,10,12H2,1-2H3. The molecule has 3 rings (SSSR count). The zero-order chi connectivity index (χ0) is 13.9. The largest absolute Gasteiger partial charge is 0.493 e. The smallest absolute Gasteiger partial charge is 0.124 e. The van der Waals surface area contributed by atoms with Crippen LogP contribution >= 0.6 is 0 Å². The second kappa shape index (κ2) is 6.17. The highest BCUT2D eigenvalue weighted by molar-refractivity contribution is 5.38. The van der Waals surface area contributed by atoms with Gasteiger partial charge in [0.2, 0.25) is 0 Å². The molecule has 0 radical (unpaired) electrons. The summed E-state index contributed by atoms with van der Waals surface area (Å²) in [5, 5.41) is 3.98. The third-order valence-corrected chi connectivity index (χ3v) is 5.15. The Hall–Kier alpha value is -1.02. The van der Waals surface area contributed by atoms with E-state index in [1.165, 1.54) is 37.7 Å². The van der Waals surface area contributed by atoms with Crippen LogP contribution in [0.3, 0.4) is 0 Å². The molecule has 4 unspecified atom stereocenters. The van der Waals surface area contributed by atoms with E-state index in [4.69, 9.17) is 4.74 Å². The summed E-state index contributed by atoms with van der Waals surface area (Å²) in [5.74, 6) is 2.47. The average molecular weight is 273 g/mol. The molecule has 1 fully saturated rings. The summed E-state index contributed by atoms with van der Waals surface area (Å²) in [4.78, 5) is 0. The van der Waals surface area contributed by atoms with E-state index in [1.54, 1.807) is 0 Å². The Morgan fingerprint density at radius 2 is 2.00 bits per heavy atom. The van der Waals surface area contributed by atoms with Crippen molar-refractivity contribution in [3.63, 3.8) is 0 Å². The molecule has 1 N–H and O–H groups in total. The van der Waals surface area contributed by atoms with Gasteiger partial charge in [-0.05, 0) is 24.8 Å². The van der Waals surface area contributed by atoms with E-state index in [0.717, 1.165) is 18.3 Å². The highest BCUT2D eigenvalue weighted by Crippen LogP contribution is 2.37. The van der Waals surface area contributed by atoms with Crippen molar-refractivity contribution in [2.24, 2.45) is 11.8 Å². The lowest BCUT2D eigenvalue weighted by Crippen LogP contribution is -2.44. The maximum absolute atomic E-state index is 5.87. The van der Waals surface area contributed by atoms with Crippen LogP contribution in [0.15, 0.2) is 24.3 Å². The van der Waals surface area contributed by atoms with E-state index in [9.17, 15) is 0 Å². The quantitative estimate of drug-likeness (QED) is 0.886. The Labute approximate surface area is 122 Å². The lowest BCUT2D eigenvalue weighted by molar-refractivity contribution is 0.154. The zero-order valence-corrected chi connectivity index (χ0v) is 12.8. The van der Waals surface area contributed by atoms with E-state index in [0.29, 0.717) is 18.0 Å². The average Bonchev–Trinajstić information content (AvgIpc) is 2.50. The Bertz CT molecular complexity index is 445. The minimum absolute atomic E-state index is 0.456. The minimum atomic E-state index is 0.456. The molecule has 0 saturated heterocycles. The SMILES string of the molecule is CCC1CCCCC1NC1c2ccccc2OCC1C. The van der Waals surface area contributed by atoms with Crippen LogP contribution in [0.2, 0.25) is 0 Å². The van der Waals surface area contributed by atoms with Crippen molar-refractivity contribution in [2.75, 3.05) is 6.61 Å². The van der Waals surface area contributed by atoms with Gasteiger partial charge in [-0.3, -0.25) is 0 Å². The van der Waals surface area contributed by atoms with Crippen LogP contribution in [-0.2, 0) is 0 Å². The van der Waals surface area contributed by atoms with Gasteiger partial charge in [0.05, 0.1) is 6.61 Å². The second-order valence-corrected chi connectivity index (χ2v) is 6.53. The van der Waals surface area contributed by atoms with Gasteiger partial charge in [-0.1, -0.05) is 51.3 Å². The van der Waals surface area contributed by atoms with Gasteiger partial charge in [-0.15, -0.1) is 0 Å². The minimum Gasteiger partial charge on any atom is -0.493 e. The van der Waals surface area contributed by atoms with E-state index < -0.39 is 0 Å². The highest BCUT2D eigenvalue weighted by Gasteiger charge is 2.32. The van der Waals surface area contributed by atoms with Crippen LogP contribution in [0.1, 0.15) is 57.6 Å². The Morgan fingerprint density at radius 1 is 1.20 bits per heavy atom. The van der Waals surface area contributed by atoms with E-state index in [-0.39, 0.29) is 0 Å². The maximum Gasteiger partial charge on any atom is 0.124 e. The molecule has 2 aliphatic rings. The molecule has 2 nitrogen and oxygen atoms in total. The van der Waals surface area contributed by atoms with Crippen molar-refractivity contribution in [2.45, 2.75) is 58.0 Å². The second-order valence-electron chi connectivity index (χ2n) is 6.53. The van der Waals surface area contributed by atoms with E-state index in [1.807, 2.05) is 0 Å². The number of hydrogen-bond acceptors (Lipinski definition) is 2. The summed E-state index contributed by atoms with van der Waals surface area (Å²) in [6.45, 7) is 5.47. The number of para-hydroxylation sites is 1. The van der Waals surface area contributed by atoms with Gasteiger partial charge >= 0.3 is 0 Å². The lowest BCUT2D eigenvalue weighted by atomic mass is 9.81. The topological polar surface area (TPSA) is 21.3 Å². The summed E-state index contributed by atoms with van der Waals surface area (Å²) >= 11 is 0. The number of hydrogen-bond donors (Lipinski definition) is 1. The molecule has 1 saturated carbocycles. The van der Waals surface area contributed by atoms with Crippen LogP contribution in [-0.4, -0.2) is 12.6 Å². The number of rotatable bonds is 3. The fourth-order valence-corrected chi connectivity index (χ4v) is 3.89. The molecule has 1 aliphatic carbocycles. The van der Waals surface area contributed by atoms with Crippen LogP contribution in [0.25, 0.3) is 0 Å². The molecule has 20 heavy (non-hydrogen) atoms. The number of ether oxygens (including phenoxy) is 1. The van der Waals surface area contributed by atoms with Gasteiger partial charge in [0.15, 0.2) is 0 Å². The van der Waals surface area contributed by atoms with Crippen molar-refractivity contribution >= 4 is 0 Å². The summed E-state index contributed by atoms with van der Waals surface area (Å²) in [6.07, 6.45) is 6.83. The monoisotopic (exact) mass is 273 g/mol. The van der Waals surface area contributed by atoms with Crippen LogP contribution in [0.5, 0.6) is 5.75 Å². The third kappa shape index (κ3) is 2.71. The number of fused-ring (bicyclic) bond motifs is 1. The molecular weight excluding hydrogens is 246 g/mol. The summed E-state index contributed by atoms with van der Waals surface area (Å²) in [7, 11) is 0. The summed E-state index contributed by atoms with van der Waals surface area (Å²) in [6, 6.07) is 9.68. The third-order valence-electron chi connectivity index (χ3n) is 5.15. The summed E-state index contributed by atoms with van der Waals surface area (Å²) in [5.41, 5.74) is 1.35. The van der Waals surface area contributed by atoms with E-state index >= 15 is 0 Å². The Kier molecular flexibility index (Phi) is 4.30. The molecule has 1 aliphatic heterocycles. The first-order chi connectivity index (χ1) is 9.79. The Morgan fingerprint density at radius 3 is 2.85 bits per heavy atom. The zero-order valence-electron chi connectivity index (χ0n) is 12.8. The Balaban J connectivity index is 1.78. The molecule has 0 bridgehead atoms. The van der Waals surface area contributed by atoms with Crippen LogP contribution < -0.4 is 10.1 Å². The van der Waals surface area contributed by atoms with Gasteiger partial charge in [0, 0.05) is 23.6 Å². The number of nitrogens with one attached hydrogen (secondary N) is 1. The van der Waals surface area contributed by atoms with Gasteiger partial charge in [-0.2, -0.15) is 0 Å². The van der Waals surface area contributed by atoms with Gasteiger partial charge in [0.25, 0.3) is 0 Å². The van der Waals surface area contributed by atoms with Crippen molar-refractivity contribution in [3.8, 4) is 5.75 Å². The first-order valence-electron chi connectivity index (χ1n) is 8.27. The van der Waals surface area contributed by atoms with Gasteiger partial charge in [0.1, 0.15) is 5.75 Å². The molecule has 4 atom stereocenters. The molecule has 0 aromatic heterocycles. The maximum atomic E-state index is 5.87. The molecule has 1 aromatic rings. The van der Waals surface area contributed by atoms with Gasteiger partial charge in [-0.25, -0.2) is 0 Å². The van der Waals surface area contributed by atoms with Crippen molar-refractivity contribution in [1.29, 1.82) is 0 Å². The fraction of sp³-hybridized carbons (Fsp3) is 0.667. The molecule has 1 aromatic carbocycles. The van der Waals surface area contributed by atoms with Crippen LogP contribution in [0, 0.1) is 11.8 Å². The highest BCUT2D eigenvalue weighted by atomic mass is 16.5. The van der Waals surface area contributed by atoms with Crippen molar-refractivity contribution < 1.29 is 4.74 Å². The molecular formula is C18H27NO. The van der Waals surface area contributed by atoms with Crippen molar-refractivity contribution in [1.82, 2.24) is 5.32 Å².